The average Bonchev–Trinajstić information content (AvgIpc) is 2.87. The number of nitriles is 1. The molecule has 36 heavy (non-hydrogen) atoms. The molecule has 1 atom stereocenters. The van der Waals surface area contributed by atoms with Gasteiger partial charge in [-0.1, -0.05) is 77.8 Å². The van der Waals surface area contributed by atoms with Gasteiger partial charge in [0.25, 0.3) is 0 Å². The summed E-state index contributed by atoms with van der Waals surface area (Å²) in [6.45, 7) is 0. The normalized spacial score (nSPS) is 14.9. The van der Waals surface area contributed by atoms with Crippen molar-refractivity contribution in [3.63, 3.8) is 0 Å². The lowest BCUT2D eigenvalue weighted by Crippen LogP contribution is -2.21. The number of esters is 1. The van der Waals surface area contributed by atoms with Crippen molar-refractivity contribution in [1.29, 1.82) is 5.26 Å². The van der Waals surface area contributed by atoms with Crippen LogP contribution in [0.5, 0.6) is 11.5 Å². The lowest BCUT2D eigenvalue weighted by Gasteiger charge is -2.27. The van der Waals surface area contributed by atoms with Crippen LogP contribution in [0.15, 0.2) is 96.4 Å². The number of hydrogen-bond acceptors (Lipinski definition) is 5. The average molecular weight is 513 g/mol. The molecule has 0 amide bonds. The van der Waals surface area contributed by atoms with Crippen LogP contribution in [0.25, 0.3) is 16.8 Å². The molecular weight excluding hydrogens is 495 g/mol. The fourth-order valence-electron chi connectivity index (χ4n) is 4.27. The van der Waals surface area contributed by atoms with Crippen LogP contribution in [0.4, 0.5) is 0 Å². The summed E-state index contributed by atoms with van der Waals surface area (Å²) < 4.78 is 11.2. The Bertz CT molecular complexity index is 1610. The van der Waals surface area contributed by atoms with Crippen molar-refractivity contribution in [2.45, 2.75) is 5.92 Å². The van der Waals surface area contributed by atoms with Crippen LogP contribution in [-0.2, 0) is 4.79 Å². The van der Waals surface area contributed by atoms with E-state index in [0.29, 0.717) is 26.9 Å². The summed E-state index contributed by atoms with van der Waals surface area (Å²) in [5.41, 5.74) is 8.80. The maximum Gasteiger partial charge on any atom is 0.336 e. The molecule has 1 aliphatic heterocycles. The fourth-order valence-corrected chi connectivity index (χ4v) is 4.74. The minimum Gasteiger partial charge on any atom is -0.440 e. The number of nitrogens with two attached hydrogens (primary N) is 1. The number of carbonyl (C=O) groups excluding carboxylic acids is 1. The van der Waals surface area contributed by atoms with E-state index >= 15 is 0 Å². The molecule has 7 heteroatoms. The lowest BCUT2D eigenvalue weighted by molar-refractivity contribution is -0.128. The molecule has 2 N–H and O–H groups in total. The van der Waals surface area contributed by atoms with Gasteiger partial charge in [0.15, 0.2) is 0 Å². The largest absolute Gasteiger partial charge is 0.440 e. The Morgan fingerprint density at radius 2 is 1.81 bits per heavy atom. The Morgan fingerprint density at radius 3 is 2.61 bits per heavy atom. The van der Waals surface area contributed by atoms with Crippen LogP contribution < -0.4 is 15.2 Å². The van der Waals surface area contributed by atoms with E-state index in [1.54, 1.807) is 42.5 Å². The summed E-state index contributed by atoms with van der Waals surface area (Å²) in [5, 5.41) is 12.9. The van der Waals surface area contributed by atoms with Gasteiger partial charge >= 0.3 is 5.97 Å². The first kappa shape index (κ1) is 23.5. The predicted molar refractivity (Wildman–Crippen MR) is 141 cm³/mol. The summed E-state index contributed by atoms with van der Waals surface area (Å²) in [4.78, 5) is 12.4. The van der Waals surface area contributed by atoms with Gasteiger partial charge < -0.3 is 15.2 Å². The molecule has 0 saturated heterocycles. The van der Waals surface area contributed by atoms with Gasteiger partial charge in [-0.25, -0.2) is 4.79 Å². The molecule has 4 aromatic rings. The van der Waals surface area contributed by atoms with Gasteiger partial charge in [-0.05, 0) is 46.2 Å². The van der Waals surface area contributed by atoms with Gasteiger partial charge in [-0.3, -0.25) is 0 Å². The molecule has 0 bridgehead atoms. The van der Waals surface area contributed by atoms with E-state index in [0.717, 1.165) is 21.9 Å². The summed E-state index contributed by atoms with van der Waals surface area (Å²) in [5.74, 6) is -0.316. The lowest BCUT2D eigenvalue weighted by atomic mass is 9.81. The number of fused-ring (bicyclic) bond motifs is 2. The number of benzene rings is 4. The van der Waals surface area contributed by atoms with Crippen molar-refractivity contribution in [2.75, 3.05) is 0 Å². The number of allylic oxidation sites excluding steroid dienone is 1. The monoisotopic (exact) mass is 512 g/mol. The molecule has 0 aliphatic carbocycles. The number of carbonyl (C=O) groups is 1. The van der Waals surface area contributed by atoms with Gasteiger partial charge in [-0.15, -0.1) is 0 Å². The van der Waals surface area contributed by atoms with Gasteiger partial charge in [0.1, 0.15) is 23.1 Å². The highest BCUT2D eigenvalue weighted by Gasteiger charge is 2.32. The van der Waals surface area contributed by atoms with Crippen LogP contribution in [0.3, 0.4) is 0 Å². The maximum absolute atomic E-state index is 12.4. The molecular formula is C29H18Cl2N2O3. The van der Waals surface area contributed by atoms with Crippen LogP contribution in [0.1, 0.15) is 22.6 Å². The third-order valence-electron chi connectivity index (χ3n) is 5.90. The number of ether oxygens (including phenoxy) is 2. The minimum atomic E-state index is -0.594. The quantitative estimate of drug-likeness (QED) is 0.181. The Labute approximate surface area is 217 Å². The molecule has 0 fully saturated rings. The first-order chi connectivity index (χ1) is 17.4. The summed E-state index contributed by atoms with van der Waals surface area (Å²) in [6.07, 6.45) is 2.82. The molecule has 1 heterocycles. The second kappa shape index (κ2) is 9.79. The van der Waals surface area contributed by atoms with E-state index in [1.165, 1.54) is 6.08 Å². The van der Waals surface area contributed by atoms with E-state index in [1.807, 2.05) is 42.5 Å². The maximum atomic E-state index is 12.4. The smallest absolute Gasteiger partial charge is 0.336 e. The Hall–Kier alpha value is -4.24. The topological polar surface area (TPSA) is 85.3 Å². The number of hydrogen-bond donors (Lipinski definition) is 1. The molecule has 5 nitrogen and oxygen atoms in total. The Morgan fingerprint density at radius 1 is 1.00 bits per heavy atom. The SMILES string of the molecule is N#CC1=C(N)Oc2cc(OC(=O)/C=C/c3ccc(Cl)cc3Cl)ccc2C1c1cccc2ccccc12. The van der Waals surface area contributed by atoms with Crippen LogP contribution in [0.2, 0.25) is 10.0 Å². The van der Waals surface area contributed by atoms with E-state index in [9.17, 15) is 10.1 Å². The minimum absolute atomic E-state index is 0.0173. The van der Waals surface area contributed by atoms with E-state index in [-0.39, 0.29) is 11.6 Å². The molecule has 0 spiro atoms. The van der Waals surface area contributed by atoms with Crippen LogP contribution in [0, 0.1) is 11.3 Å². The summed E-state index contributed by atoms with van der Waals surface area (Å²) in [7, 11) is 0. The van der Waals surface area contributed by atoms with Crippen molar-refractivity contribution < 1.29 is 14.3 Å². The number of nitrogens with zero attached hydrogens (tertiary/aromatic N) is 1. The fraction of sp³-hybridized carbons (Fsp3) is 0.0345. The van der Waals surface area contributed by atoms with Gasteiger partial charge in [-0.2, -0.15) is 5.26 Å². The van der Waals surface area contributed by atoms with Crippen molar-refractivity contribution >= 4 is 46.0 Å². The predicted octanol–water partition coefficient (Wildman–Crippen LogP) is 6.98. The third-order valence-corrected chi connectivity index (χ3v) is 6.47. The zero-order valence-corrected chi connectivity index (χ0v) is 20.3. The molecule has 5 rings (SSSR count). The van der Waals surface area contributed by atoms with Crippen molar-refractivity contribution in [3.05, 3.63) is 123 Å². The molecule has 1 unspecified atom stereocenters. The molecule has 4 aromatic carbocycles. The first-order valence-corrected chi connectivity index (χ1v) is 11.7. The van der Waals surface area contributed by atoms with Crippen molar-refractivity contribution in [1.82, 2.24) is 0 Å². The van der Waals surface area contributed by atoms with Crippen LogP contribution >= 0.6 is 23.2 Å². The number of halogens is 2. The summed E-state index contributed by atoms with van der Waals surface area (Å²) in [6, 6.07) is 26.1. The van der Waals surface area contributed by atoms with Crippen LogP contribution in [-0.4, -0.2) is 5.97 Å². The highest BCUT2D eigenvalue weighted by Crippen LogP contribution is 2.45. The zero-order chi connectivity index (χ0) is 25.2. The van der Waals surface area contributed by atoms with E-state index in [2.05, 4.69) is 6.07 Å². The summed E-state index contributed by atoms with van der Waals surface area (Å²) >= 11 is 12.1. The Kier molecular flexibility index (Phi) is 6.39. The highest BCUT2D eigenvalue weighted by atomic mass is 35.5. The van der Waals surface area contributed by atoms with E-state index < -0.39 is 11.9 Å². The van der Waals surface area contributed by atoms with E-state index in [4.69, 9.17) is 38.4 Å². The third kappa shape index (κ3) is 4.52. The second-order valence-corrected chi connectivity index (χ2v) is 8.96. The molecule has 176 valence electrons. The Balaban J connectivity index is 1.47. The molecule has 0 saturated carbocycles. The van der Waals surface area contributed by atoms with Gasteiger partial charge in [0.05, 0.1) is 5.92 Å². The zero-order valence-electron chi connectivity index (χ0n) is 18.7. The molecule has 1 aliphatic rings. The van der Waals surface area contributed by atoms with Gasteiger partial charge in [0, 0.05) is 27.8 Å². The van der Waals surface area contributed by atoms with Crippen molar-refractivity contribution in [2.24, 2.45) is 5.73 Å². The first-order valence-electron chi connectivity index (χ1n) is 11.0. The van der Waals surface area contributed by atoms with Crippen molar-refractivity contribution in [3.8, 4) is 17.6 Å². The standard InChI is InChI=1S/C29H18Cl2N2O3/c30-19-10-8-18(25(31)14-19)9-13-27(34)35-20-11-12-23-26(15-20)36-29(33)24(16-32)28(23)22-7-3-5-17-4-1-2-6-21(17)22/h1-15,28H,33H2/b13-9+. The van der Waals surface area contributed by atoms with Gasteiger partial charge in [0.2, 0.25) is 5.88 Å². The highest BCUT2D eigenvalue weighted by molar-refractivity contribution is 6.35. The number of rotatable bonds is 4. The second-order valence-electron chi connectivity index (χ2n) is 8.11. The molecule has 0 aromatic heterocycles. The molecule has 0 radical (unpaired) electrons.